The number of carbonyl (C=O) groups is 1. The van der Waals surface area contributed by atoms with E-state index in [9.17, 15) is 18.4 Å². The Hall–Kier alpha value is -3.11. The largest absolute Gasteiger partial charge is 0.301 e. The van der Waals surface area contributed by atoms with Crippen LogP contribution in [0.2, 0.25) is 0 Å². The average Bonchev–Trinajstić information content (AvgIpc) is 3.25. The third-order valence-electron chi connectivity index (χ3n) is 4.57. The molecule has 1 N–H and O–H groups in total. The molecule has 6 nitrogen and oxygen atoms in total. The van der Waals surface area contributed by atoms with Gasteiger partial charge in [-0.3, -0.25) is 14.2 Å². The van der Waals surface area contributed by atoms with Crippen LogP contribution in [0.5, 0.6) is 0 Å². The van der Waals surface area contributed by atoms with E-state index < -0.39 is 11.6 Å². The molecule has 0 saturated heterocycles. The fourth-order valence-corrected chi connectivity index (χ4v) is 4.64. The number of hydrogen-bond acceptors (Lipinski definition) is 6. The molecule has 32 heavy (non-hydrogen) atoms. The van der Waals surface area contributed by atoms with Gasteiger partial charge in [-0.1, -0.05) is 30.8 Å². The number of rotatable bonds is 7. The monoisotopic (exact) mass is 472 g/mol. The molecule has 2 aromatic carbocycles. The summed E-state index contributed by atoms with van der Waals surface area (Å²) in [7, 11) is 0. The second kappa shape index (κ2) is 9.58. The normalized spacial score (nSPS) is 11.1. The first-order valence-corrected chi connectivity index (χ1v) is 11.7. The second-order valence-electron chi connectivity index (χ2n) is 6.87. The Labute approximate surface area is 190 Å². The van der Waals surface area contributed by atoms with E-state index in [2.05, 4.69) is 15.3 Å². The van der Waals surface area contributed by atoms with Crippen molar-refractivity contribution in [2.24, 2.45) is 0 Å². The standard InChI is InChI=1S/C22H18F2N4O2S2/c1-2-9-28-20(30)14-5-3-4-6-17(14)26-22(28)32-12-19(29)27-21-25-18(11-31-21)13-7-8-15(23)16(24)10-13/h3-8,10-11H,2,9,12H2,1H3,(H,25,27,29). The summed E-state index contributed by atoms with van der Waals surface area (Å²) in [5, 5.41) is 5.71. The molecule has 2 aromatic heterocycles. The topological polar surface area (TPSA) is 76.9 Å². The zero-order chi connectivity index (χ0) is 22.7. The summed E-state index contributed by atoms with van der Waals surface area (Å²) in [5.74, 6) is -2.17. The van der Waals surface area contributed by atoms with Gasteiger partial charge in [-0.2, -0.15) is 0 Å². The number of carbonyl (C=O) groups excluding carboxylic acids is 1. The summed E-state index contributed by atoms with van der Waals surface area (Å²) < 4.78 is 28.2. The lowest BCUT2D eigenvalue weighted by atomic mass is 10.2. The number of para-hydroxylation sites is 1. The van der Waals surface area contributed by atoms with E-state index in [0.717, 1.165) is 18.6 Å². The van der Waals surface area contributed by atoms with E-state index in [1.54, 1.807) is 28.1 Å². The zero-order valence-corrected chi connectivity index (χ0v) is 18.6. The van der Waals surface area contributed by atoms with Gasteiger partial charge >= 0.3 is 0 Å². The third kappa shape index (κ3) is 4.71. The van der Waals surface area contributed by atoms with Crippen LogP contribution in [-0.2, 0) is 11.3 Å². The highest BCUT2D eigenvalue weighted by atomic mass is 32.2. The van der Waals surface area contributed by atoms with Crippen molar-refractivity contribution in [3.63, 3.8) is 0 Å². The Bertz CT molecular complexity index is 1350. The van der Waals surface area contributed by atoms with Crippen molar-refractivity contribution in [1.82, 2.24) is 14.5 Å². The number of aromatic nitrogens is 3. The molecule has 0 atom stereocenters. The number of fused-ring (bicyclic) bond motifs is 1. The predicted octanol–water partition coefficient (Wildman–Crippen LogP) is 4.94. The number of halogens is 2. The fraction of sp³-hybridized carbons (Fsp3) is 0.182. The van der Waals surface area contributed by atoms with E-state index >= 15 is 0 Å². The molecule has 2 heterocycles. The predicted molar refractivity (Wildman–Crippen MR) is 123 cm³/mol. The first kappa shape index (κ1) is 22.1. The lowest BCUT2D eigenvalue weighted by molar-refractivity contribution is -0.113. The summed E-state index contributed by atoms with van der Waals surface area (Å²) in [6.07, 6.45) is 0.756. The Kier molecular flexibility index (Phi) is 6.61. The van der Waals surface area contributed by atoms with Gasteiger partial charge in [0.25, 0.3) is 5.56 Å². The van der Waals surface area contributed by atoms with Crippen LogP contribution in [0.25, 0.3) is 22.2 Å². The summed E-state index contributed by atoms with van der Waals surface area (Å²) >= 11 is 2.36. The van der Waals surface area contributed by atoms with Gasteiger partial charge in [0.1, 0.15) is 0 Å². The molecule has 0 saturated carbocycles. The SMILES string of the molecule is CCCn1c(SCC(=O)Nc2nc(-c3ccc(F)c(F)c3)cs2)nc2ccccc2c1=O. The Balaban J connectivity index is 1.47. The molecular formula is C22H18F2N4O2S2. The highest BCUT2D eigenvalue weighted by molar-refractivity contribution is 7.99. The van der Waals surface area contributed by atoms with E-state index in [-0.39, 0.29) is 17.2 Å². The lowest BCUT2D eigenvalue weighted by Gasteiger charge is -2.12. The van der Waals surface area contributed by atoms with Gasteiger partial charge in [0, 0.05) is 17.5 Å². The molecule has 1 amide bonds. The molecule has 0 radical (unpaired) electrons. The third-order valence-corrected chi connectivity index (χ3v) is 6.31. The first-order chi connectivity index (χ1) is 15.5. The molecule has 0 fully saturated rings. The molecule has 10 heteroatoms. The van der Waals surface area contributed by atoms with Gasteiger partial charge in [0.2, 0.25) is 5.91 Å². The minimum atomic E-state index is -0.960. The molecule has 0 aliphatic rings. The van der Waals surface area contributed by atoms with Gasteiger partial charge in [0.05, 0.1) is 22.3 Å². The van der Waals surface area contributed by atoms with Crippen LogP contribution in [0.15, 0.2) is 57.8 Å². The fourth-order valence-electron chi connectivity index (χ4n) is 3.08. The molecule has 4 rings (SSSR count). The van der Waals surface area contributed by atoms with Crippen LogP contribution in [0.1, 0.15) is 13.3 Å². The number of nitrogens with one attached hydrogen (secondary N) is 1. The number of anilines is 1. The van der Waals surface area contributed by atoms with Crippen molar-refractivity contribution in [3.05, 3.63) is 69.8 Å². The van der Waals surface area contributed by atoms with Crippen molar-refractivity contribution in [3.8, 4) is 11.3 Å². The van der Waals surface area contributed by atoms with Gasteiger partial charge in [-0.25, -0.2) is 18.7 Å². The minimum absolute atomic E-state index is 0.0363. The van der Waals surface area contributed by atoms with Crippen molar-refractivity contribution in [2.45, 2.75) is 25.0 Å². The molecule has 0 spiro atoms. The average molecular weight is 473 g/mol. The maximum Gasteiger partial charge on any atom is 0.262 e. The van der Waals surface area contributed by atoms with Crippen molar-refractivity contribution in [2.75, 3.05) is 11.1 Å². The van der Waals surface area contributed by atoms with E-state index in [1.807, 2.05) is 13.0 Å². The highest BCUT2D eigenvalue weighted by Crippen LogP contribution is 2.26. The first-order valence-electron chi connectivity index (χ1n) is 9.79. The van der Waals surface area contributed by atoms with Gasteiger partial charge in [0.15, 0.2) is 21.9 Å². The summed E-state index contributed by atoms with van der Waals surface area (Å²) in [4.78, 5) is 34.1. The molecule has 4 aromatic rings. The van der Waals surface area contributed by atoms with Crippen LogP contribution < -0.4 is 10.9 Å². The molecule has 0 aliphatic heterocycles. The van der Waals surface area contributed by atoms with Crippen LogP contribution in [-0.4, -0.2) is 26.2 Å². The Morgan fingerprint density at radius 1 is 1.16 bits per heavy atom. The number of hydrogen-bond donors (Lipinski definition) is 1. The van der Waals surface area contributed by atoms with Crippen molar-refractivity contribution < 1.29 is 13.6 Å². The summed E-state index contributed by atoms with van der Waals surface area (Å²) in [6, 6.07) is 10.6. The molecule has 0 unspecified atom stereocenters. The Morgan fingerprint density at radius 3 is 2.75 bits per heavy atom. The van der Waals surface area contributed by atoms with Crippen LogP contribution in [0.4, 0.5) is 13.9 Å². The van der Waals surface area contributed by atoms with Crippen LogP contribution in [0, 0.1) is 11.6 Å². The summed E-state index contributed by atoms with van der Waals surface area (Å²) in [6.45, 7) is 2.47. The van der Waals surface area contributed by atoms with Gasteiger partial charge < -0.3 is 5.32 Å². The van der Waals surface area contributed by atoms with E-state index in [1.165, 1.54) is 29.2 Å². The highest BCUT2D eigenvalue weighted by Gasteiger charge is 2.14. The quantitative estimate of drug-likeness (QED) is 0.305. The van der Waals surface area contributed by atoms with Crippen molar-refractivity contribution >= 4 is 45.0 Å². The minimum Gasteiger partial charge on any atom is -0.301 e. The number of benzene rings is 2. The Morgan fingerprint density at radius 2 is 1.97 bits per heavy atom. The smallest absolute Gasteiger partial charge is 0.262 e. The van der Waals surface area contributed by atoms with Crippen LogP contribution >= 0.6 is 23.1 Å². The maximum atomic E-state index is 13.5. The van der Waals surface area contributed by atoms with Crippen molar-refractivity contribution in [1.29, 1.82) is 0 Å². The number of amides is 1. The lowest BCUT2D eigenvalue weighted by Crippen LogP contribution is -2.24. The molecule has 0 aliphatic carbocycles. The number of thiazole rings is 1. The molecular weight excluding hydrogens is 454 g/mol. The molecule has 0 bridgehead atoms. The zero-order valence-electron chi connectivity index (χ0n) is 17.0. The van der Waals surface area contributed by atoms with E-state index in [4.69, 9.17) is 0 Å². The van der Waals surface area contributed by atoms with Crippen LogP contribution in [0.3, 0.4) is 0 Å². The summed E-state index contributed by atoms with van der Waals surface area (Å²) in [5.41, 5.74) is 1.31. The van der Waals surface area contributed by atoms with E-state index in [0.29, 0.717) is 39.0 Å². The second-order valence-corrected chi connectivity index (χ2v) is 8.67. The number of nitrogens with zero attached hydrogens (tertiary/aromatic N) is 3. The van der Waals surface area contributed by atoms with Gasteiger partial charge in [-0.15, -0.1) is 11.3 Å². The maximum absolute atomic E-state index is 13.5. The van der Waals surface area contributed by atoms with Gasteiger partial charge in [-0.05, 0) is 36.8 Å². The molecule has 164 valence electrons. The number of thioether (sulfide) groups is 1.